The lowest BCUT2D eigenvalue weighted by Crippen LogP contribution is -2.70. The van der Waals surface area contributed by atoms with Crippen molar-refractivity contribution in [2.45, 2.75) is 6.92 Å². The molecule has 0 amide bonds. The van der Waals surface area contributed by atoms with Crippen molar-refractivity contribution in [2.75, 3.05) is 0 Å². The molecule has 0 aliphatic heterocycles. The van der Waals surface area contributed by atoms with Crippen LogP contribution in [-0.4, -0.2) is 16.8 Å². The Morgan fingerprint density at radius 1 is 1.78 bits per heavy atom. The zero-order chi connectivity index (χ0) is 7.28. The molecule has 0 bridgehead atoms. The molecule has 0 fully saturated rings. The van der Waals surface area contributed by atoms with Crippen LogP contribution < -0.4 is 5.16 Å². The molecule has 6 heteroatoms. The average molecular weight is 150 g/mol. The van der Waals surface area contributed by atoms with E-state index >= 15 is 0 Å². The normalized spacial score (nSPS) is 11.4. The molecule has 0 aromatic rings. The number of hydrogen-bond donors (Lipinski definition) is 2. The maximum absolute atomic E-state index is 9.92. The van der Waals surface area contributed by atoms with Gasteiger partial charge < -0.3 is 5.11 Å². The highest BCUT2D eigenvalue weighted by molar-refractivity contribution is 7.17. The summed E-state index contributed by atoms with van der Waals surface area (Å²) < 4.78 is 13.5. The highest BCUT2D eigenvalue weighted by Crippen LogP contribution is 1.79. The van der Waals surface area contributed by atoms with Gasteiger partial charge in [0, 0.05) is 6.92 Å². The van der Waals surface area contributed by atoms with Gasteiger partial charge in [-0.25, -0.2) is 9.36 Å². The molecule has 50 valence electrons. The molecule has 2 N–H and O–H groups in total. The van der Waals surface area contributed by atoms with Gasteiger partial charge in [0.25, 0.3) is 0 Å². The van der Waals surface area contributed by atoms with Crippen LogP contribution in [0.25, 0.3) is 0 Å². The number of carbonyl (C=O) groups is 1. The third-order valence-corrected chi connectivity index (χ3v) is 0.723. The second-order valence-electron chi connectivity index (χ2n) is 1.20. The first kappa shape index (κ1) is 8.04. The lowest BCUT2D eigenvalue weighted by atomic mass is 10.4. The van der Waals surface area contributed by atoms with Gasteiger partial charge in [-0.2, -0.15) is 4.62 Å². The topological polar surface area (TPSA) is 77.6 Å². The SMILES string of the molecule is CC(=[NH+]OP=O)C(=O)O. The first-order chi connectivity index (χ1) is 4.18. The van der Waals surface area contributed by atoms with E-state index in [1.807, 2.05) is 5.16 Å². The van der Waals surface area contributed by atoms with Gasteiger partial charge in [0.05, 0.1) is 0 Å². The Morgan fingerprint density at radius 3 is 2.67 bits per heavy atom. The Hall–Kier alpha value is -0.960. The minimum absolute atomic E-state index is 0.113. The van der Waals surface area contributed by atoms with E-state index in [4.69, 9.17) is 5.11 Å². The van der Waals surface area contributed by atoms with Crippen molar-refractivity contribution in [3.8, 4) is 0 Å². The van der Waals surface area contributed by atoms with Gasteiger partial charge in [-0.15, -0.1) is 0 Å². The van der Waals surface area contributed by atoms with Crippen LogP contribution in [0.1, 0.15) is 6.92 Å². The number of carboxylic acid groups (broad SMARTS) is 1. The predicted octanol–water partition coefficient (Wildman–Crippen LogP) is -1.25. The molecule has 5 nitrogen and oxygen atoms in total. The summed E-state index contributed by atoms with van der Waals surface area (Å²) in [6.07, 6.45) is 0. The van der Waals surface area contributed by atoms with Gasteiger partial charge in [-0.05, 0) is 5.16 Å². The summed E-state index contributed by atoms with van der Waals surface area (Å²) in [6.45, 7) is 1.29. The van der Waals surface area contributed by atoms with Crippen LogP contribution in [0.5, 0.6) is 0 Å². The molecule has 0 spiro atoms. The van der Waals surface area contributed by atoms with Crippen LogP contribution in [0.4, 0.5) is 0 Å². The van der Waals surface area contributed by atoms with Gasteiger partial charge in [0.1, 0.15) is 0 Å². The van der Waals surface area contributed by atoms with E-state index in [-0.39, 0.29) is 5.71 Å². The monoisotopic (exact) mass is 150 g/mol. The zero-order valence-corrected chi connectivity index (χ0v) is 5.51. The van der Waals surface area contributed by atoms with Crippen molar-refractivity contribution in [2.24, 2.45) is 0 Å². The van der Waals surface area contributed by atoms with Crippen LogP contribution in [-0.2, 0) is 14.0 Å². The summed E-state index contributed by atoms with van der Waals surface area (Å²) >= 11 is 0. The lowest BCUT2D eigenvalue weighted by Gasteiger charge is -1.77. The van der Waals surface area contributed by atoms with E-state index in [1.165, 1.54) is 6.92 Å². The quantitative estimate of drug-likeness (QED) is 0.299. The van der Waals surface area contributed by atoms with E-state index in [2.05, 4.69) is 4.62 Å². The predicted molar refractivity (Wildman–Crippen MR) is 28.0 cm³/mol. The third kappa shape index (κ3) is 3.61. The average Bonchev–Trinajstić information content (AvgIpc) is 1.82. The Balaban J connectivity index is 3.83. The number of hydrogen-bond acceptors (Lipinski definition) is 3. The van der Waals surface area contributed by atoms with E-state index in [1.54, 1.807) is 0 Å². The molecule has 0 heterocycles. The fraction of sp³-hybridized carbons (Fsp3) is 0.333. The second-order valence-corrected chi connectivity index (χ2v) is 1.53. The Morgan fingerprint density at radius 2 is 2.33 bits per heavy atom. The van der Waals surface area contributed by atoms with Crippen LogP contribution in [0.3, 0.4) is 0 Å². The fourth-order valence-electron chi connectivity index (χ4n) is 0.131. The van der Waals surface area contributed by atoms with Crippen LogP contribution in [0, 0.1) is 0 Å². The summed E-state index contributed by atoms with van der Waals surface area (Å²) in [5.41, 5.74) is -0.113. The molecule has 0 saturated carbocycles. The molecule has 0 aliphatic carbocycles. The first-order valence-corrected chi connectivity index (χ1v) is 2.73. The molecule has 0 aliphatic rings. The van der Waals surface area contributed by atoms with Crippen molar-refractivity contribution in [3.05, 3.63) is 0 Å². The fourth-order valence-corrected chi connectivity index (χ4v) is 0.305. The van der Waals surface area contributed by atoms with Gasteiger partial charge in [0.15, 0.2) is 0 Å². The first-order valence-electron chi connectivity index (χ1n) is 2.00. The maximum atomic E-state index is 9.92. The minimum Gasteiger partial charge on any atom is -0.473 e. The molecule has 0 atom stereocenters. The Labute approximate surface area is 52.6 Å². The van der Waals surface area contributed by atoms with Crippen LogP contribution in [0.15, 0.2) is 0 Å². The summed E-state index contributed by atoms with van der Waals surface area (Å²) in [4.78, 5) is 9.92. The van der Waals surface area contributed by atoms with Crippen LogP contribution >= 0.6 is 8.69 Å². The van der Waals surface area contributed by atoms with Crippen molar-refractivity contribution in [1.29, 1.82) is 0 Å². The van der Waals surface area contributed by atoms with Gasteiger partial charge in [0.2, 0.25) is 0 Å². The largest absolute Gasteiger partial charge is 0.473 e. The standard InChI is InChI=1S/C3H4NO4P/c1-2(3(5)6)4-8-9-7/h1H3,(H,5,6)/p+1. The van der Waals surface area contributed by atoms with Crippen molar-refractivity contribution >= 4 is 20.4 Å². The summed E-state index contributed by atoms with van der Waals surface area (Å²) in [6, 6.07) is 0. The third-order valence-electron chi connectivity index (χ3n) is 0.557. The highest BCUT2D eigenvalue weighted by Gasteiger charge is 2.08. The molecule has 9 heavy (non-hydrogen) atoms. The number of aliphatic carboxylic acids is 1. The minimum atomic E-state index is -1.14. The number of rotatable bonds is 3. The van der Waals surface area contributed by atoms with E-state index < -0.39 is 14.7 Å². The Bertz CT molecular complexity index is 154. The molecule has 0 aromatic heterocycles. The van der Waals surface area contributed by atoms with E-state index in [0.717, 1.165) is 0 Å². The second kappa shape index (κ2) is 3.97. The van der Waals surface area contributed by atoms with Gasteiger partial charge in [-0.1, -0.05) is 0 Å². The highest BCUT2D eigenvalue weighted by atomic mass is 31.1. The van der Waals surface area contributed by atoms with Gasteiger partial charge >= 0.3 is 20.4 Å². The van der Waals surface area contributed by atoms with Crippen molar-refractivity contribution < 1.29 is 24.2 Å². The van der Waals surface area contributed by atoms with Gasteiger partial charge in [-0.3, -0.25) is 0 Å². The van der Waals surface area contributed by atoms with Crippen molar-refractivity contribution in [3.63, 3.8) is 0 Å². The van der Waals surface area contributed by atoms with Crippen molar-refractivity contribution in [1.82, 2.24) is 0 Å². The number of carboxylic acids is 1. The lowest BCUT2D eigenvalue weighted by molar-refractivity contribution is -0.703. The molecule has 0 aromatic carbocycles. The summed E-state index contributed by atoms with van der Waals surface area (Å²) in [5, 5.41) is 10.0. The number of nitrogens with one attached hydrogen (secondary N) is 1. The Kier molecular flexibility index (Phi) is 3.55. The van der Waals surface area contributed by atoms with E-state index in [9.17, 15) is 9.36 Å². The molecular formula is C3H5NO4P+. The van der Waals surface area contributed by atoms with E-state index in [0.29, 0.717) is 0 Å². The molecular weight excluding hydrogens is 145 g/mol. The zero-order valence-electron chi connectivity index (χ0n) is 4.62. The molecule has 0 radical (unpaired) electrons. The smallest absolute Gasteiger partial charge is 0.470 e. The van der Waals surface area contributed by atoms with Crippen LogP contribution in [0.2, 0.25) is 0 Å². The summed E-state index contributed by atoms with van der Waals surface area (Å²) in [5.74, 6) is -1.14. The molecule has 0 rings (SSSR count). The summed E-state index contributed by atoms with van der Waals surface area (Å²) in [7, 11) is -0.600. The molecule has 0 unspecified atom stereocenters. The molecule has 0 saturated heterocycles. The maximum Gasteiger partial charge on any atom is 0.470 e.